The van der Waals surface area contributed by atoms with Gasteiger partial charge in [-0.25, -0.2) is 0 Å². The van der Waals surface area contributed by atoms with Crippen LogP contribution in [0.2, 0.25) is 0 Å². The molecule has 112 valence electrons. The minimum Gasteiger partial charge on any atom is -0.399 e. The Morgan fingerprint density at radius 3 is 2.62 bits per heavy atom. The van der Waals surface area contributed by atoms with E-state index in [1.807, 2.05) is 31.2 Å². The Balaban J connectivity index is 2.14. The summed E-state index contributed by atoms with van der Waals surface area (Å²) in [4.78, 5) is 15.1. The monoisotopic (exact) mass is 304 g/mol. The minimum absolute atomic E-state index is 0.00720. The average Bonchev–Trinajstić information content (AvgIpc) is 2.94. The molecule has 0 radical (unpaired) electrons. The number of hydrogen-bond acceptors (Lipinski definition) is 5. The summed E-state index contributed by atoms with van der Waals surface area (Å²) in [5, 5.41) is 4.07. The molecule has 0 spiro atoms. The predicted molar refractivity (Wildman–Crippen MR) is 85.2 cm³/mol. The molecule has 0 unspecified atom stereocenters. The minimum atomic E-state index is 0.00720. The molecular weight excluding hydrogens is 284 g/mol. The third kappa shape index (κ3) is 3.78. The summed E-state index contributed by atoms with van der Waals surface area (Å²) in [5.41, 5.74) is 8.28. The van der Waals surface area contributed by atoms with Gasteiger partial charge in [0.2, 0.25) is 0 Å². The van der Waals surface area contributed by atoms with Gasteiger partial charge in [0.15, 0.2) is 0 Å². The number of rotatable bonds is 6. The molecule has 5 nitrogen and oxygen atoms in total. The molecule has 21 heavy (non-hydrogen) atoms. The van der Waals surface area contributed by atoms with Crippen molar-refractivity contribution in [3.63, 3.8) is 0 Å². The Morgan fingerprint density at radius 2 is 2.00 bits per heavy atom. The number of aromatic nitrogens is 2. The summed E-state index contributed by atoms with van der Waals surface area (Å²) in [6.07, 6.45) is 1.74. The van der Waals surface area contributed by atoms with Crippen LogP contribution in [0.25, 0.3) is 0 Å². The SMILES string of the molecule is CCCc1nnsc1C(=O)N(CC)Cc1ccc(N)cc1. The Hall–Kier alpha value is -1.95. The van der Waals surface area contributed by atoms with Crippen LogP contribution in [-0.2, 0) is 13.0 Å². The molecule has 2 aromatic rings. The number of hydrogen-bond donors (Lipinski definition) is 1. The molecule has 1 amide bonds. The number of anilines is 1. The van der Waals surface area contributed by atoms with Gasteiger partial charge in [0.25, 0.3) is 5.91 Å². The molecule has 0 saturated carbocycles. The van der Waals surface area contributed by atoms with Crippen LogP contribution in [0, 0.1) is 0 Å². The van der Waals surface area contributed by atoms with Crippen molar-refractivity contribution in [2.75, 3.05) is 12.3 Å². The first kappa shape index (κ1) is 15.4. The third-order valence-electron chi connectivity index (χ3n) is 3.26. The molecule has 0 fully saturated rings. The predicted octanol–water partition coefficient (Wildman–Crippen LogP) is 2.74. The van der Waals surface area contributed by atoms with E-state index >= 15 is 0 Å². The number of carbonyl (C=O) groups excluding carboxylic acids is 1. The second-order valence-corrected chi connectivity index (χ2v) is 5.61. The van der Waals surface area contributed by atoms with Crippen LogP contribution in [0.15, 0.2) is 24.3 Å². The molecule has 0 aliphatic carbocycles. The number of aryl methyl sites for hydroxylation is 1. The second-order valence-electron chi connectivity index (χ2n) is 4.86. The van der Waals surface area contributed by atoms with Gasteiger partial charge < -0.3 is 10.6 Å². The molecule has 1 aromatic carbocycles. The van der Waals surface area contributed by atoms with Crippen molar-refractivity contribution >= 4 is 23.1 Å². The summed E-state index contributed by atoms with van der Waals surface area (Å²) in [6.45, 7) is 5.26. The molecule has 0 bridgehead atoms. The highest BCUT2D eigenvalue weighted by Crippen LogP contribution is 2.17. The molecule has 0 atom stereocenters. The molecule has 0 aliphatic rings. The summed E-state index contributed by atoms with van der Waals surface area (Å²) in [5.74, 6) is 0.00720. The van der Waals surface area contributed by atoms with Crippen molar-refractivity contribution < 1.29 is 4.79 Å². The normalized spacial score (nSPS) is 10.6. The maximum Gasteiger partial charge on any atom is 0.267 e. The number of nitrogens with two attached hydrogens (primary N) is 1. The number of benzene rings is 1. The first-order valence-electron chi connectivity index (χ1n) is 7.10. The topological polar surface area (TPSA) is 72.1 Å². The van der Waals surface area contributed by atoms with Crippen LogP contribution in [0.1, 0.15) is 41.2 Å². The van der Waals surface area contributed by atoms with Crippen LogP contribution in [0.4, 0.5) is 5.69 Å². The largest absolute Gasteiger partial charge is 0.399 e. The fraction of sp³-hybridized carbons (Fsp3) is 0.400. The molecule has 1 heterocycles. The highest BCUT2D eigenvalue weighted by atomic mass is 32.1. The molecule has 1 aromatic heterocycles. The van der Waals surface area contributed by atoms with Gasteiger partial charge in [-0.05, 0) is 42.6 Å². The van der Waals surface area contributed by atoms with E-state index in [1.165, 1.54) is 11.5 Å². The lowest BCUT2D eigenvalue weighted by molar-refractivity contribution is 0.0756. The van der Waals surface area contributed by atoms with Crippen LogP contribution in [0.3, 0.4) is 0 Å². The quantitative estimate of drug-likeness (QED) is 0.833. The molecular formula is C15H20N4OS. The Morgan fingerprint density at radius 1 is 1.29 bits per heavy atom. The van der Waals surface area contributed by atoms with Gasteiger partial charge >= 0.3 is 0 Å². The Bertz CT molecular complexity index is 594. The van der Waals surface area contributed by atoms with E-state index in [1.54, 1.807) is 4.90 Å². The fourth-order valence-electron chi connectivity index (χ4n) is 2.09. The van der Waals surface area contributed by atoms with Gasteiger partial charge in [-0.2, -0.15) is 0 Å². The van der Waals surface area contributed by atoms with E-state index in [-0.39, 0.29) is 5.91 Å². The Kier molecular flexibility index (Phi) is 5.27. The van der Waals surface area contributed by atoms with E-state index < -0.39 is 0 Å². The highest BCUT2D eigenvalue weighted by molar-refractivity contribution is 7.08. The Labute approximate surface area is 128 Å². The van der Waals surface area contributed by atoms with Crippen LogP contribution in [-0.4, -0.2) is 26.9 Å². The van der Waals surface area contributed by atoms with Crippen molar-refractivity contribution in [3.8, 4) is 0 Å². The van der Waals surface area contributed by atoms with Crippen LogP contribution in [0.5, 0.6) is 0 Å². The highest BCUT2D eigenvalue weighted by Gasteiger charge is 2.21. The average molecular weight is 304 g/mol. The second kappa shape index (κ2) is 7.17. The number of carbonyl (C=O) groups is 1. The maximum atomic E-state index is 12.6. The first-order valence-corrected chi connectivity index (χ1v) is 7.88. The van der Waals surface area contributed by atoms with Crippen molar-refractivity contribution in [2.45, 2.75) is 33.2 Å². The molecule has 2 rings (SSSR count). The summed E-state index contributed by atoms with van der Waals surface area (Å²) < 4.78 is 3.92. The van der Waals surface area contributed by atoms with E-state index in [0.717, 1.165) is 29.8 Å². The number of nitrogens with zero attached hydrogens (tertiary/aromatic N) is 3. The fourth-order valence-corrected chi connectivity index (χ4v) is 2.76. The first-order chi connectivity index (χ1) is 10.2. The van der Waals surface area contributed by atoms with Gasteiger partial charge in [-0.1, -0.05) is 30.0 Å². The molecule has 2 N–H and O–H groups in total. The van der Waals surface area contributed by atoms with Gasteiger partial charge in [0, 0.05) is 18.8 Å². The van der Waals surface area contributed by atoms with Crippen LogP contribution >= 0.6 is 11.5 Å². The van der Waals surface area contributed by atoms with Crippen molar-refractivity contribution in [1.29, 1.82) is 0 Å². The lowest BCUT2D eigenvalue weighted by atomic mass is 10.1. The van der Waals surface area contributed by atoms with Crippen molar-refractivity contribution in [1.82, 2.24) is 14.5 Å². The van der Waals surface area contributed by atoms with E-state index in [9.17, 15) is 4.79 Å². The third-order valence-corrected chi connectivity index (χ3v) is 4.02. The maximum absolute atomic E-state index is 12.6. The zero-order valence-corrected chi connectivity index (χ0v) is 13.2. The lowest BCUT2D eigenvalue weighted by Gasteiger charge is -2.20. The van der Waals surface area contributed by atoms with Crippen molar-refractivity contribution in [3.05, 3.63) is 40.4 Å². The number of amides is 1. The van der Waals surface area contributed by atoms with Gasteiger partial charge in [-0.3, -0.25) is 4.79 Å². The molecule has 0 saturated heterocycles. The summed E-state index contributed by atoms with van der Waals surface area (Å²) in [6, 6.07) is 7.60. The smallest absolute Gasteiger partial charge is 0.267 e. The molecule has 6 heteroatoms. The lowest BCUT2D eigenvalue weighted by Crippen LogP contribution is -2.30. The van der Waals surface area contributed by atoms with E-state index in [4.69, 9.17) is 5.73 Å². The standard InChI is InChI=1S/C15H20N4OS/c1-3-5-13-14(21-18-17-13)15(20)19(4-2)10-11-6-8-12(16)9-7-11/h6-9H,3-5,10,16H2,1-2H3. The van der Waals surface area contributed by atoms with Crippen molar-refractivity contribution in [2.24, 2.45) is 0 Å². The summed E-state index contributed by atoms with van der Waals surface area (Å²) in [7, 11) is 0. The number of nitrogen functional groups attached to an aromatic ring is 1. The summed E-state index contributed by atoms with van der Waals surface area (Å²) >= 11 is 1.18. The van der Waals surface area contributed by atoms with Gasteiger partial charge in [-0.15, -0.1) is 5.10 Å². The molecule has 0 aliphatic heterocycles. The van der Waals surface area contributed by atoms with Gasteiger partial charge in [0.05, 0.1) is 5.69 Å². The van der Waals surface area contributed by atoms with E-state index in [0.29, 0.717) is 18.0 Å². The zero-order valence-electron chi connectivity index (χ0n) is 12.4. The zero-order chi connectivity index (χ0) is 15.2. The van der Waals surface area contributed by atoms with Gasteiger partial charge in [0.1, 0.15) is 4.88 Å². The van der Waals surface area contributed by atoms with E-state index in [2.05, 4.69) is 16.5 Å². The van der Waals surface area contributed by atoms with Crippen LogP contribution < -0.4 is 5.73 Å².